The number of aliphatic hydroxyl groups is 1. The molecule has 0 saturated carbocycles. The Hall–Kier alpha value is -1.61. The second-order valence-electron chi connectivity index (χ2n) is 3.53. The van der Waals surface area contributed by atoms with Crippen LogP contribution in [0.15, 0.2) is 35.9 Å². The number of anilines is 1. The monoisotopic (exact) mass is 205 g/mol. The highest BCUT2D eigenvalue weighted by Crippen LogP contribution is 2.14. The zero-order valence-electron chi connectivity index (χ0n) is 8.95. The third kappa shape index (κ3) is 3.56. The lowest BCUT2D eigenvalue weighted by Gasteiger charge is -2.07. The van der Waals surface area contributed by atoms with Crippen molar-refractivity contribution in [3.63, 3.8) is 0 Å². The smallest absolute Gasteiger partial charge is 0.248 e. The van der Waals surface area contributed by atoms with E-state index in [1.54, 1.807) is 12.1 Å². The Morgan fingerprint density at radius 2 is 2.07 bits per heavy atom. The number of carbonyl (C=O) groups is 1. The third-order valence-electron chi connectivity index (χ3n) is 1.87. The van der Waals surface area contributed by atoms with E-state index >= 15 is 0 Å². The average molecular weight is 205 g/mol. The van der Waals surface area contributed by atoms with E-state index in [1.165, 1.54) is 6.08 Å². The first-order valence-corrected chi connectivity index (χ1v) is 4.78. The van der Waals surface area contributed by atoms with Gasteiger partial charge < -0.3 is 10.4 Å². The van der Waals surface area contributed by atoms with Crippen molar-refractivity contribution in [2.45, 2.75) is 20.5 Å². The summed E-state index contributed by atoms with van der Waals surface area (Å²) in [6.07, 6.45) is 1.52. The van der Waals surface area contributed by atoms with Crippen molar-refractivity contribution in [3.8, 4) is 0 Å². The Labute approximate surface area is 89.4 Å². The van der Waals surface area contributed by atoms with Crippen LogP contribution in [-0.4, -0.2) is 11.0 Å². The van der Waals surface area contributed by atoms with Gasteiger partial charge >= 0.3 is 0 Å². The SMILES string of the molecule is CC(C)=CC(=O)Nc1ccccc1CO. The molecule has 0 fully saturated rings. The van der Waals surface area contributed by atoms with Gasteiger partial charge in [0.25, 0.3) is 0 Å². The second-order valence-corrected chi connectivity index (χ2v) is 3.53. The molecule has 0 radical (unpaired) electrons. The van der Waals surface area contributed by atoms with E-state index in [9.17, 15) is 4.79 Å². The van der Waals surface area contributed by atoms with Crippen LogP contribution in [0.2, 0.25) is 0 Å². The maximum Gasteiger partial charge on any atom is 0.248 e. The fourth-order valence-corrected chi connectivity index (χ4v) is 1.21. The molecule has 0 aliphatic rings. The van der Waals surface area contributed by atoms with Gasteiger partial charge in [0.15, 0.2) is 0 Å². The predicted molar refractivity (Wildman–Crippen MR) is 60.4 cm³/mol. The van der Waals surface area contributed by atoms with Crippen LogP contribution in [0.4, 0.5) is 5.69 Å². The van der Waals surface area contributed by atoms with E-state index in [-0.39, 0.29) is 12.5 Å². The van der Waals surface area contributed by atoms with Crippen molar-refractivity contribution >= 4 is 11.6 Å². The summed E-state index contributed by atoms with van der Waals surface area (Å²) in [7, 11) is 0. The highest BCUT2D eigenvalue weighted by molar-refractivity contribution is 6.00. The van der Waals surface area contributed by atoms with Gasteiger partial charge in [0.2, 0.25) is 5.91 Å². The molecule has 0 aliphatic heterocycles. The number of hydrogen-bond donors (Lipinski definition) is 2. The molecule has 3 heteroatoms. The first-order chi connectivity index (χ1) is 7.13. The van der Waals surface area contributed by atoms with Crippen LogP contribution in [-0.2, 0) is 11.4 Å². The van der Waals surface area contributed by atoms with Gasteiger partial charge in [-0.3, -0.25) is 4.79 Å². The molecule has 1 rings (SSSR count). The summed E-state index contributed by atoms with van der Waals surface area (Å²) < 4.78 is 0. The van der Waals surface area contributed by atoms with Gasteiger partial charge in [0.1, 0.15) is 0 Å². The summed E-state index contributed by atoms with van der Waals surface area (Å²) >= 11 is 0. The van der Waals surface area contributed by atoms with Gasteiger partial charge in [-0.25, -0.2) is 0 Å². The van der Waals surface area contributed by atoms with Gasteiger partial charge in [-0.05, 0) is 19.9 Å². The molecule has 2 N–H and O–H groups in total. The van der Waals surface area contributed by atoms with E-state index in [1.807, 2.05) is 26.0 Å². The van der Waals surface area contributed by atoms with Crippen LogP contribution in [0.3, 0.4) is 0 Å². The third-order valence-corrected chi connectivity index (χ3v) is 1.87. The minimum Gasteiger partial charge on any atom is -0.392 e. The number of allylic oxidation sites excluding steroid dienone is 1. The largest absolute Gasteiger partial charge is 0.392 e. The fraction of sp³-hybridized carbons (Fsp3) is 0.250. The molecule has 0 spiro atoms. The number of rotatable bonds is 3. The Balaban J connectivity index is 2.80. The van der Waals surface area contributed by atoms with E-state index in [4.69, 9.17) is 5.11 Å². The van der Waals surface area contributed by atoms with Crippen molar-refractivity contribution in [1.29, 1.82) is 0 Å². The Kier molecular flexibility index (Phi) is 4.06. The number of benzene rings is 1. The van der Waals surface area contributed by atoms with Gasteiger partial charge in [0, 0.05) is 17.3 Å². The van der Waals surface area contributed by atoms with E-state index in [0.29, 0.717) is 11.3 Å². The minimum absolute atomic E-state index is 0.0781. The molecule has 0 saturated heterocycles. The maximum absolute atomic E-state index is 11.4. The van der Waals surface area contributed by atoms with Gasteiger partial charge in [-0.15, -0.1) is 0 Å². The quantitative estimate of drug-likeness (QED) is 0.742. The van der Waals surface area contributed by atoms with Crippen molar-refractivity contribution in [2.75, 3.05) is 5.32 Å². The first kappa shape index (κ1) is 11.5. The van der Waals surface area contributed by atoms with Crippen molar-refractivity contribution in [2.24, 2.45) is 0 Å². The molecule has 0 atom stereocenters. The predicted octanol–water partition coefficient (Wildman–Crippen LogP) is 2.08. The number of nitrogens with one attached hydrogen (secondary N) is 1. The standard InChI is InChI=1S/C12H15NO2/c1-9(2)7-12(15)13-11-6-4-3-5-10(11)8-14/h3-7,14H,8H2,1-2H3,(H,13,15). The second kappa shape index (κ2) is 5.32. The summed E-state index contributed by atoms with van der Waals surface area (Å²) in [6, 6.07) is 7.18. The zero-order chi connectivity index (χ0) is 11.3. The lowest BCUT2D eigenvalue weighted by Crippen LogP contribution is -2.10. The first-order valence-electron chi connectivity index (χ1n) is 4.78. The Bertz CT molecular complexity index is 379. The number of aliphatic hydroxyl groups excluding tert-OH is 1. The molecule has 0 aromatic heterocycles. The molecule has 15 heavy (non-hydrogen) atoms. The average Bonchev–Trinajstić information content (AvgIpc) is 2.17. The van der Waals surface area contributed by atoms with Crippen LogP contribution in [0.1, 0.15) is 19.4 Å². The topological polar surface area (TPSA) is 49.3 Å². The molecule has 0 heterocycles. The summed E-state index contributed by atoms with van der Waals surface area (Å²) in [6.45, 7) is 3.64. The van der Waals surface area contributed by atoms with Crippen LogP contribution in [0.25, 0.3) is 0 Å². The van der Waals surface area contributed by atoms with Crippen LogP contribution >= 0.6 is 0 Å². The molecule has 1 aromatic carbocycles. The van der Waals surface area contributed by atoms with Crippen LogP contribution < -0.4 is 5.32 Å². The van der Waals surface area contributed by atoms with Crippen molar-refractivity contribution in [3.05, 3.63) is 41.5 Å². The molecule has 1 aromatic rings. The van der Waals surface area contributed by atoms with Crippen LogP contribution in [0, 0.1) is 0 Å². The number of hydrogen-bond acceptors (Lipinski definition) is 2. The molecule has 3 nitrogen and oxygen atoms in total. The van der Waals surface area contributed by atoms with Gasteiger partial charge in [0.05, 0.1) is 6.61 Å². The molecule has 80 valence electrons. The maximum atomic E-state index is 11.4. The zero-order valence-corrected chi connectivity index (χ0v) is 8.95. The molecule has 0 aliphatic carbocycles. The molecule has 0 bridgehead atoms. The molecule has 1 amide bonds. The van der Waals surface area contributed by atoms with Crippen LogP contribution in [0.5, 0.6) is 0 Å². The lowest BCUT2D eigenvalue weighted by molar-refractivity contribution is -0.111. The lowest BCUT2D eigenvalue weighted by atomic mass is 10.2. The number of amides is 1. The van der Waals surface area contributed by atoms with Gasteiger partial charge in [-0.1, -0.05) is 23.8 Å². The molecule has 0 unspecified atom stereocenters. The normalized spacial score (nSPS) is 9.53. The molecular weight excluding hydrogens is 190 g/mol. The Morgan fingerprint density at radius 1 is 1.40 bits per heavy atom. The van der Waals surface area contributed by atoms with E-state index in [0.717, 1.165) is 5.57 Å². The molecular formula is C12H15NO2. The number of para-hydroxylation sites is 1. The highest BCUT2D eigenvalue weighted by Gasteiger charge is 2.02. The minimum atomic E-state index is -0.170. The summed E-state index contributed by atoms with van der Waals surface area (Å²) in [5.74, 6) is -0.170. The van der Waals surface area contributed by atoms with Crippen molar-refractivity contribution < 1.29 is 9.90 Å². The summed E-state index contributed by atoms with van der Waals surface area (Å²) in [4.78, 5) is 11.4. The fourth-order valence-electron chi connectivity index (χ4n) is 1.21. The summed E-state index contributed by atoms with van der Waals surface area (Å²) in [5.41, 5.74) is 2.31. The van der Waals surface area contributed by atoms with E-state index < -0.39 is 0 Å². The highest BCUT2D eigenvalue weighted by atomic mass is 16.3. The number of carbonyl (C=O) groups excluding carboxylic acids is 1. The van der Waals surface area contributed by atoms with E-state index in [2.05, 4.69) is 5.32 Å². The van der Waals surface area contributed by atoms with Crippen molar-refractivity contribution in [1.82, 2.24) is 0 Å². The van der Waals surface area contributed by atoms with Gasteiger partial charge in [-0.2, -0.15) is 0 Å². The Morgan fingerprint density at radius 3 is 2.67 bits per heavy atom. The summed E-state index contributed by atoms with van der Waals surface area (Å²) in [5, 5.41) is 11.8.